The highest BCUT2D eigenvalue weighted by molar-refractivity contribution is 7.86. The highest BCUT2D eigenvalue weighted by atomic mass is 32.2. The molecule has 0 saturated carbocycles. The van der Waals surface area contributed by atoms with Gasteiger partial charge in [-0.2, -0.15) is 12.7 Å². The summed E-state index contributed by atoms with van der Waals surface area (Å²) in [6.45, 7) is 2.92. The minimum Gasteiger partial charge on any atom is -0.216 e. The minimum atomic E-state index is -3.46. The first kappa shape index (κ1) is 8.70. The molecule has 0 aromatic heterocycles. The second-order valence-electron chi connectivity index (χ2n) is 2.70. The molecule has 0 atom stereocenters. The molecule has 5 heteroatoms. The van der Waals surface area contributed by atoms with Crippen molar-refractivity contribution in [1.29, 1.82) is 0 Å². The largest absolute Gasteiger partial charge is 0.277 e. The molecule has 0 fully saturated rings. The number of rotatable bonds is 1. The van der Waals surface area contributed by atoms with Gasteiger partial charge in [-0.25, -0.2) is 5.14 Å². The number of hydrogen-bond acceptors (Lipinski definition) is 2. The SMILES string of the molecule is CC1=CCN(S(N)(=O)=O)CC1. The van der Waals surface area contributed by atoms with E-state index in [0.717, 1.165) is 6.42 Å². The van der Waals surface area contributed by atoms with Gasteiger partial charge in [0.05, 0.1) is 0 Å². The molecule has 0 amide bonds. The molecule has 0 unspecified atom stereocenters. The Bertz CT molecular complexity index is 268. The van der Waals surface area contributed by atoms with Crippen molar-refractivity contribution in [3.05, 3.63) is 11.6 Å². The normalized spacial score (nSPS) is 21.5. The van der Waals surface area contributed by atoms with Crippen LogP contribution in [0.3, 0.4) is 0 Å². The third-order valence-corrected chi connectivity index (χ3v) is 2.81. The fourth-order valence-corrected chi connectivity index (χ4v) is 1.61. The summed E-state index contributed by atoms with van der Waals surface area (Å²) in [6.07, 6.45) is 2.67. The Balaban J connectivity index is 2.69. The van der Waals surface area contributed by atoms with E-state index in [9.17, 15) is 8.42 Å². The maximum atomic E-state index is 10.8. The van der Waals surface area contributed by atoms with Gasteiger partial charge in [0.15, 0.2) is 0 Å². The lowest BCUT2D eigenvalue weighted by Gasteiger charge is -2.21. The lowest BCUT2D eigenvalue weighted by atomic mass is 10.1. The lowest BCUT2D eigenvalue weighted by molar-refractivity contribution is 0.432. The van der Waals surface area contributed by atoms with E-state index < -0.39 is 10.2 Å². The minimum absolute atomic E-state index is 0.421. The molecule has 0 spiro atoms. The quantitative estimate of drug-likeness (QED) is 0.564. The molecule has 2 N–H and O–H groups in total. The van der Waals surface area contributed by atoms with Gasteiger partial charge < -0.3 is 0 Å². The van der Waals surface area contributed by atoms with E-state index in [1.54, 1.807) is 0 Å². The Morgan fingerprint density at radius 1 is 1.64 bits per heavy atom. The fraction of sp³-hybridized carbons (Fsp3) is 0.667. The van der Waals surface area contributed by atoms with Crippen molar-refractivity contribution < 1.29 is 8.42 Å². The molecule has 0 aliphatic carbocycles. The van der Waals surface area contributed by atoms with E-state index in [-0.39, 0.29) is 0 Å². The molecule has 0 bridgehead atoms. The van der Waals surface area contributed by atoms with Crippen LogP contribution >= 0.6 is 0 Å². The van der Waals surface area contributed by atoms with Gasteiger partial charge in [0, 0.05) is 13.1 Å². The van der Waals surface area contributed by atoms with Crippen molar-refractivity contribution in [2.45, 2.75) is 13.3 Å². The van der Waals surface area contributed by atoms with Crippen LogP contribution in [0.15, 0.2) is 11.6 Å². The van der Waals surface area contributed by atoms with Crippen LogP contribution in [0.2, 0.25) is 0 Å². The Morgan fingerprint density at radius 3 is 2.64 bits per heavy atom. The molecule has 1 rings (SSSR count). The van der Waals surface area contributed by atoms with Gasteiger partial charge in [-0.3, -0.25) is 0 Å². The molecular weight excluding hydrogens is 164 g/mol. The van der Waals surface area contributed by atoms with Crippen LogP contribution in [0.5, 0.6) is 0 Å². The summed E-state index contributed by atoms with van der Waals surface area (Å²) in [5.41, 5.74) is 1.23. The van der Waals surface area contributed by atoms with Crippen LogP contribution in [0, 0.1) is 0 Å². The van der Waals surface area contributed by atoms with Crippen LogP contribution in [0.25, 0.3) is 0 Å². The third-order valence-electron chi connectivity index (χ3n) is 1.76. The molecular formula is C6H12N2O2S. The van der Waals surface area contributed by atoms with Crippen LogP contribution in [0.1, 0.15) is 13.3 Å². The molecule has 0 saturated heterocycles. The molecule has 64 valence electrons. The molecule has 0 radical (unpaired) electrons. The van der Waals surface area contributed by atoms with Crippen molar-refractivity contribution in [3.8, 4) is 0 Å². The zero-order chi connectivity index (χ0) is 8.48. The highest BCUT2D eigenvalue weighted by Crippen LogP contribution is 2.10. The van der Waals surface area contributed by atoms with Crippen molar-refractivity contribution in [3.63, 3.8) is 0 Å². The Kier molecular flexibility index (Phi) is 2.31. The maximum Gasteiger partial charge on any atom is 0.277 e. The standard InChI is InChI=1S/C6H12N2O2S/c1-6-2-4-8(5-3-6)11(7,9)10/h2H,3-5H2,1H3,(H2,7,9,10). The van der Waals surface area contributed by atoms with Crippen molar-refractivity contribution in [2.75, 3.05) is 13.1 Å². The maximum absolute atomic E-state index is 10.8. The monoisotopic (exact) mass is 176 g/mol. The summed E-state index contributed by atoms with van der Waals surface area (Å²) in [7, 11) is -3.46. The smallest absolute Gasteiger partial charge is 0.216 e. The fourth-order valence-electron chi connectivity index (χ4n) is 0.983. The Morgan fingerprint density at radius 2 is 2.27 bits per heavy atom. The van der Waals surface area contributed by atoms with Gasteiger partial charge in [0.2, 0.25) is 0 Å². The van der Waals surface area contributed by atoms with Gasteiger partial charge in [-0.15, -0.1) is 0 Å². The molecule has 1 aliphatic heterocycles. The van der Waals surface area contributed by atoms with Gasteiger partial charge in [-0.05, 0) is 13.3 Å². The summed E-state index contributed by atoms with van der Waals surface area (Å²) in [4.78, 5) is 0. The van der Waals surface area contributed by atoms with Gasteiger partial charge in [-0.1, -0.05) is 11.6 Å². The van der Waals surface area contributed by atoms with Crippen molar-refractivity contribution >= 4 is 10.2 Å². The molecule has 4 nitrogen and oxygen atoms in total. The first-order valence-corrected chi connectivity index (χ1v) is 4.94. The molecule has 0 aromatic rings. The first-order valence-electron chi connectivity index (χ1n) is 3.43. The van der Waals surface area contributed by atoms with Crippen molar-refractivity contribution in [1.82, 2.24) is 4.31 Å². The topological polar surface area (TPSA) is 63.4 Å². The summed E-state index contributed by atoms with van der Waals surface area (Å²) >= 11 is 0. The van der Waals surface area contributed by atoms with Gasteiger partial charge in [0.25, 0.3) is 10.2 Å². The lowest BCUT2D eigenvalue weighted by Crippen LogP contribution is -2.39. The molecule has 1 aliphatic rings. The molecule has 0 aromatic carbocycles. The summed E-state index contributed by atoms with van der Waals surface area (Å²) in [5, 5.41) is 4.92. The van der Waals surface area contributed by atoms with Gasteiger partial charge >= 0.3 is 0 Å². The third kappa shape index (κ3) is 2.28. The van der Waals surface area contributed by atoms with E-state index in [4.69, 9.17) is 5.14 Å². The van der Waals surface area contributed by atoms with Crippen LogP contribution in [-0.4, -0.2) is 25.8 Å². The number of nitrogens with two attached hydrogens (primary N) is 1. The number of nitrogens with zero attached hydrogens (tertiary/aromatic N) is 1. The second-order valence-corrected chi connectivity index (χ2v) is 4.25. The van der Waals surface area contributed by atoms with E-state index in [1.807, 2.05) is 13.0 Å². The average Bonchev–Trinajstić information content (AvgIpc) is 1.86. The number of hydrogen-bond donors (Lipinski definition) is 1. The molecule has 11 heavy (non-hydrogen) atoms. The van der Waals surface area contributed by atoms with E-state index in [1.165, 1.54) is 9.88 Å². The summed E-state index contributed by atoms with van der Waals surface area (Å²) in [6, 6.07) is 0. The molecule has 1 heterocycles. The van der Waals surface area contributed by atoms with Crippen LogP contribution < -0.4 is 5.14 Å². The average molecular weight is 176 g/mol. The van der Waals surface area contributed by atoms with E-state index in [2.05, 4.69) is 0 Å². The predicted molar refractivity (Wildman–Crippen MR) is 43.1 cm³/mol. The summed E-state index contributed by atoms with van der Waals surface area (Å²) < 4.78 is 22.8. The van der Waals surface area contributed by atoms with Gasteiger partial charge in [0.1, 0.15) is 0 Å². The predicted octanol–water partition coefficient (Wildman–Crippen LogP) is -0.158. The zero-order valence-electron chi connectivity index (χ0n) is 6.45. The Labute approximate surface area is 66.9 Å². The second kappa shape index (κ2) is 2.92. The summed E-state index contributed by atoms with van der Waals surface area (Å²) in [5.74, 6) is 0. The Hall–Kier alpha value is -0.390. The highest BCUT2D eigenvalue weighted by Gasteiger charge is 2.18. The zero-order valence-corrected chi connectivity index (χ0v) is 7.26. The van der Waals surface area contributed by atoms with E-state index in [0.29, 0.717) is 13.1 Å². The van der Waals surface area contributed by atoms with Crippen LogP contribution in [-0.2, 0) is 10.2 Å². The van der Waals surface area contributed by atoms with Crippen molar-refractivity contribution in [2.24, 2.45) is 5.14 Å². The van der Waals surface area contributed by atoms with E-state index >= 15 is 0 Å². The first-order chi connectivity index (χ1) is 5.00. The van der Waals surface area contributed by atoms with Crippen LogP contribution in [0.4, 0.5) is 0 Å².